The van der Waals surface area contributed by atoms with Crippen LogP contribution in [0.5, 0.6) is 0 Å². The Bertz CT molecular complexity index is 697. The molecule has 1 heterocycles. The van der Waals surface area contributed by atoms with E-state index in [1.807, 2.05) is 0 Å². The van der Waals surface area contributed by atoms with Crippen molar-refractivity contribution < 1.29 is 24.0 Å². The van der Waals surface area contributed by atoms with Gasteiger partial charge in [0.2, 0.25) is 5.60 Å². The number of carbonyl (C=O) groups excluding carboxylic acids is 3. The van der Waals surface area contributed by atoms with E-state index in [9.17, 15) is 14.4 Å². The number of hydroxylamine groups is 1. The normalized spacial score (nSPS) is 20.1. The topological polar surface area (TPSA) is 84.9 Å². The van der Waals surface area contributed by atoms with Gasteiger partial charge in [-0.2, -0.15) is 0 Å². The zero-order valence-electron chi connectivity index (χ0n) is 13.4. The summed E-state index contributed by atoms with van der Waals surface area (Å²) in [6.45, 7) is 4.08. The number of esters is 1. The Balaban J connectivity index is 2.52. The van der Waals surface area contributed by atoms with E-state index in [2.05, 4.69) is 5.48 Å². The van der Waals surface area contributed by atoms with Gasteiger partial charge >= 0.3 is 11.9 Å². The molecular weight excluding hydrogens is 300 g/mol. The van der Waals surface area contributed by atoms with Crippen LogP contribution in [0.2, 0.25) is 0 Å². The summed E-state index contributed by atoms with van der Waals surface area (Å²) in [6.07, 6.45) is 1.43. The van der Waals surface area contributed by atoms with Crippen molar-refractivity contribution in [2.75, 3.05) is 11.9 Å². The molecule has 7 nitrogen and oxygen atoms in total. The standard InChI is InChI=1S/C16H18N2O5/c1-10(17-23-12(3)20)9-16(22-11(2)19)13-7-5-6-8-14(13)18(4)15(16)21/h5-9,17H,1-4H3/t16-/m0/s1. The summed E-state index contributed by atoms with van der Waals surface area (Å²) in [6, 6.07) is 7.03. The number of anilines is 1. The largest absolute Gasteiger partial charge is 0.440 e. The van der Waals surface area contributed by atoms with Gasteiger partial charge < -0.3 is 14.5 Å². The third-order valence-corrected chi connectivity index (χ3v) is 3.37. The van der Waals surface area contributed by atoms with Crippen LogP contribution in [0.3, 0.4) is 0 Å². The van der Waals surface area contributed by atoms with Crippen molar-refractivity contribution in [3.05, 3.63) is 41.6 Å². The summed E-state index contributed by atoms with van der Waals surface area (Å²) in [7, 11) is 1.61. The van der Waals surface area contributed by atoms with Gasteiger partial charge in [-0.1, -0.05) is 18.2 Å². The first-order valence-corrected chi connectivity index (χ1v) is 6.98. The van der Waals surface area contributed by atoms with Crippen LogP contribution in [0.15, 0.2) is 36.0 Å². The first kappa shape index (κ1) is 16.5. The van der Waals surface area contributed by atoms with Gasteiger partial charge in [-0.05, 0) is 19.1 Å². The molecule has 1 amide bonds. The molecular formula is C16H18N2O5. The predicted octanol–water partition coefficient (Wildman–Crippen LogP) is 1.39. The van der Waals surface area contributed by atoms with Gasteiger partial charge in [-0.15, -0.1) is 0 Å². The Labute approximate surface area is 133 Å². The summed E-state index contributed by atoms with van der Waals surface area (Å²) in [5, 5.41) is 0. The number of rotatable bonds is 4. The molecule has 1 aromatic carbocycles. The summed E-state index contributed by atoms with van der Waals surface area (Å²) >= 11 is 0. The molecule has 1 aliphatic rings. The summed E-state index contributed by atoms with van der Waals surface area (Å²) < 4.78 is 5.40. The molecule has 0 spiro atoms. The fraction of sp³-hybridized carbons (Fsp3) is 0.312. The molecule has 0 fully saturated rings. The highest BCUT2D eigenvalue weighted by Crippen LogP contribution is 2.43. The number of fused-ring (bicyclic) bond motifs is 1. The first-order chi connectivity index (χ1) is 10.8. The molecule has 0 saturated heterocycles. The first-order valence-electron chi connectivity index (χ1n) is 6.98. The number of carbonyl (C=O) groups is 3. The van der Waals surface area contributed by atoms with Gasteiger partial charge in [0, 0.05) is 32.2 Å². The highest BCUT2D eigenvalue weighted by Gasteiger charge is 2.51. The van der Waals surface area contributed by atoms with Crippen LogP contribution >= 0.6 is 0 Å². The average molecular weight is 318 g/mol. The number of hydrogen-bond acceptors (Lipinski definition) is 6. The lowest BCUT2D eigenvalue weighted by Crippen LogP contribution is -2.41. The van der Waals surface area contributed by atoms with Crippen LogP contribution in [-0.4, -0.2) is 24.9 Å². The van der Waals surface area contributed by atoms with E-state index in [1.165, 1.54) is 24.8 Å². The van der Waals surface area contributed by atoms with Crippen LogP contribution in [0.25, 0.3) is 0 Å². The van der Waals surface area contributed by atoms with Gasteiger partial charge in [0.25, 0.3) is 5.91 Å². The number of benzene rings is 1. The molecule has 0 unspecified atom stereocenters. The molecule has 0 aliphatic carbocycles. The molecule has 1 aliphatic heterocycles. The van der Waals surface area contributed by atoms with Crippen molar-refractivity contribution >= 4 is 23.5 Å². The van der Waals surface area contributed by atoms with Crippen molar-refractivity contribution in [3.63, 3.8) is 0 Å². The van der Waals surface area contributed by atoms with E-state index in [-0.39, 0.29) is 0 Å². The molecule has 0 aromatic heterocycles. The van der Waals surface area contributed by atoms with Crippen LogP contribution in [0, 0.1) is 0 Å². The zero-order chi connectivity index (χ0) is 17.2. The fourth-order valence-corrected chi connectivity index (χ4v) is 2.53. The van der Waals surface area contributed by atoms with E-state index in [0.717, 1.165) is 0 Å². The van der Waals surface area contributed by atoms with Gasteiger partial charge in [-0.25, -0.2) is 5.48 Å². The second kappa shape index (κ2) is 6.12. The smallest absolute Gasteiger partial charge is 0.329 e. The van der Waals surface area contributed by atoms with Crippen LogP contribution in [-0.2, 0) is 29.6 Å². The van der Waals surface area contributed by atoms with Gasteiger partial charge in [-0.3, -0.25) is 14.4 Å². The highest BCUT2D eigenvalue weighted by atomic mass is 16.7. The zero-order valence-corrected chi connectivity index (χ0v) is 13.4. The predicted molar refractivity (Wildman–Crippen MR) is 82.0 cm³/mol. The van der Waals surface area contributed by atoms with Crippen molar-refractivity contribution in [3.8, 4) is 0 Å². The van der Waals surface area contributed by atoms with Crippen LogP contribution in [0.1, 0.15) is 26.3 Å². The number of hydrogen-bond donors (Lipinski definition) is 1. The maximum atomic E-state index is 12.8. The molecule has 7 heteroatoms. The van der Waals surface area contributed by atoms with Gasteiger partial charge in [0.1, 0.15) is 0 Å². The maximum Gasteiger partial charge on any atom is 0.329 e. The van der Waals surface area contributed by atoms with E-state index >= 15 is 0 Å². The number of allylic oxidation sites excluding steroid dienone is 1. The number of ether oxygens (including phenoxy) is 1. The molecule has 0 radical (unpaired) electrons. The maximum absolute atomic E-state index is 12.8. The Morgan fingerprint density at radius 2 is 1.83 bits per heavy atom. The molecule has 1 atom stereocenters. The second-order valence-corrected chi connectivity index (χ2v) is 5.23. The van der Waals surface area contributed by atoms with Crippen LogP contribution in [0.4, 0.5) is 5.69 Å². The molecule has 2 rings (SSSR count). The van der Waals surface area contributed by atoms with Gasteiger partial charge in [0.05, 0.1) is 5.69 Å². The number of nitrogens with zero attached hydrogens (tertiary/aromatic N) is 1. The number of para-hydroxylation sites is 1. The minimum atomic E-state index is -1.59. The molecule has 1 aromatic rings. The number of likely N-dealkylation sites (N-methyl/N-ethyl adjacent to an activating group) is 1. The van der Waals surface area contributed by atoms with Gasteiger partial charge in [0.15, 0.2) is 0 Å². The Morgan fingerprint density at radius 3 is 2.43 bits per heavy atom. The highest BCUT2D eigenvalue weighted by molar-refractivity contribution is 6.09. The van der Waals surface area contributed by atoms with Crippen LogP contribution < -0.4 is 10.4 Å². The summed E-state index contributed by atoms with van der Waals surface area (Å²) in [4.78, 5) is 41.3. The van der Waals surface area contributed by atoms with E-state index < -0.39 is 23.4 Å². The van der Waals surface area contributed by atoms with E-state index in [4.69, 9.17) is 9.57 Å². The Morgan fingerprint density at radius 1 is 1.17 bits per heavy atom. The third-order valence-electron chi connectivity index (χ3n) is 3.37. The summed E-state index contributed by atoms with van der Waals surface area (Å²) in [5.41, 5.74) is 2.39. The van der Waals surface area contributed by atoms with Crippen molar-refractivity contribution in [1.29, 1.82) is 0 Å². The summed E-state index contributed by atoms with van der Waals surface area (Å²) in [5.74, 6) is -1.53. The van der Waals surface area contributed by atoms with Crippen molar-refractivity contribution in [2.24, 2.45) is 0 Å². The third kappa shape index (κ3) is 3.03. The van der Waals surface area contributed by atoms with Crippen molar-refractivity contribution in [2.45, 2.75) is 26.4 Å². The Hall–Kier alpha value is -2.83. The number of nitrogens with one attached hydrogen (secondary N) is 1. The molecule has 122 valence electrons. The Kier molecular flexibility index (Phi) is 4.40. The molecule has 1 N–H and O–H groups in total. The lowest BCUT2D eigenvalue weighted by Gasteiger charge is -2.25. The minimum Gasteiger partial charge on any atom is -0.440 e. The quantitative estimate of drug-likeness (QED) is 0.667. The lowest BCUT2D eigenvalue weighted by molar-refractivity contribution is -0.160. The average Bonchev–Trinajstić information content (AvgIpc) is 2.68. The van der Waals surface area contributed by atoms with Crippen molar-refractivity contribution in [1.82, 2.24) is 5.48 Å². The minimum absolute atomic E-state index is 0.361. The molecule has 0 saturated carbocycles. The van der Waals surface area contributed by atoms with E-state index in [0.29, 0.717) is 16.9 Å². The SMILES string of the molecule is CC(=O)ONC(C)=C[C@@]1(OC(C)=O)C(=O)N(C)c2ccccc21. The fourth-order valence-electron chi connectivity index (χ4n) is 2.53. The second-order valence-electron chi connectivity index (χ2n) is 5.23. The monoisotopic (exact) mass is 318 g/mol. The molecule has 23 heavy (non-hydrogen) atoms. The van der Waals surface area contributed by atoms with E-state index in [1.54, 1.807) is 38.2 Å². The lowest BCUT2D eigenvalue weighted by atomic mass is 9.94. The number of amides is 1. The molecule has 0 bridgehead atoms.